The van der Waals surface area contributed by atoms with E-state index in [4.69, 9.17) is 0 Å². The fourth-order valence-corrected chi connectivity index (χ4v) is 2.68. The fraction of sp³-hybridized carbons (Fsp3) is 0.231. The quantitative estimate of drug-likeness (QED) is 0.817. The van der Waals surface area contributed by atoms with E-state index in [2.05, 4.69) is 31.4 Å². The van der Waals surface area contributed by atoms with Crippen molar-refractivity contribution in [1.29, 1.82) is 0 Å². The van der Waals surface area contributed by atoms with E-state index in [0.29, 0.717) is 0 Å². The first-order valence-electron chi connectivity index (χ1n) is 4.97. The minimum absolute atomic E-state index is 0.115. The lowest BCUT2D eigenvalue weighted by Gasteiger charge is -2.07. The molecule has 0 amide bonds. The van der Waals surface area contributed by atoms with E-state index in [1.807, 2.05) is 12.1 Å². The van der Waals surface area contributed by atoms with E-state index >= 15 is 0 Å². The number of hydrogen-bond acceptors (Lipinski definition) is 2. The molecule has 0 aliphatic heterocycles. The van der Waals surface area contributed by atoms with Gasteiger partial charge in [0.2, 0.25) is 0 Å². The second-order valence-electron chi connectivity index (χ2n) is 3.74. The Morgan fingerprint density at radius 2 is 2.07 bits per heavy atom. The highest BCUT2D eigenvalue weighted by molar-refractivity contribution is 7.13. The second kappa shape index (κ2) is 4.17. The van der Waals surface area contributed by atoms with Gasteiger partial charge >= 0.3 is 0 Å². The van der Waals surface area contributed by atoms with E-state index in [1.54, 1.807) is 11.3 Å². The summed E-state index contributed by atoms with van der Waals surface area (Å²) in [4.78, 5) is 1.28. The molecule has 0 aliphatic rings. The summed E-state index contributed by atoms with van der Waals surface area (Å²) < 4.78 is 0. The van der Waals surface area contributed by atoms with Crippen molar-refractivity contribution in [2.45, 2.75) is 20.5 Å². The van der Waals surface area contributed by atoms with Crippen molar-refractivity contribution < 1.29 is 5.11 Å². The van der Waals surface area contributed by atoms with Gasteiger partial charge in [-0.25, -0.2) is 0 Å². The van der Waals surface area contributed by atoms with E-state index in [9.17, 15) is 5.11 Å². The first-order valence-corrected chi connectivity index (χ1v) is 5.85. The smallest absolute Gasteiger partial charge is 0.0684 e. The average Bonchev–Trinajstić information content (AvgIpc) is 2.65. The third kappa shape index (κ3) is 1.96. The van der Waals surface area contributed by atoms with Gasteiger partial charge in [-0.05, 0) is 47.5 Å². The summed E-state index contributed by atoms with van der Waals surface area (Å²) >= 11 is 1.75. The van der Waals surface area contributed by atoms with Crippen LogP contribution in [0.15, 0.2) is 29.6 Å². The first-order chi connectivity index (χ1) is 7.22. The van der Waals surface area contributed by atoms with Gasteiger partial charge in [0.1, 0.15) is 0 Å². The molecule has 15 heavy (non-hydrogen) atoms. The van der Waals surface area contributed by atoms with Crippen LogP contribution in [0.2, 0.25) is 0 Å². The molecular formula is C13H14OS. The van der Waals surface area contributed by atoms with Crippen LogP contribution in [-0.2, 0) is 6.61 Å². The lowest BCUT2D eigenvalue weighted by molar-refractivity contribution is 0.281. The molecular weight excluding hydrogens is 204 g/mol. The van der Waals surface area contributed by atoms with Crippen LogP contribution in [0.1, 0.15) is 16.7 Å². The summed E-state index contributed by atoms with van der Waals surface area (Å²) in [5, 5.41) is 11.4. The summed E-state index contributed by atoms with van der Waals surface area (Å²) in [7, 11) is 0. The summed E-state index contributed by atoms with van der Waals surface area (Å²) in [5.41, 5.74) is 4.73. The van der Waals surface area contributed by atoms with E-state index in [0.717, 1.165) is 5.56 Å². The van der Waals surface area contributed by atoms with Crippen LogP contribution in [0.3, 0.4) is 0 Å². The highest BCUT2D eigenvalue weighted by atomic mass is 32.1. The van der Waals surface area contributed by atoms with Gasteiger partial charge < -0.3 is 5.11 Å². The fourth-order valence-electron chi connectivity index (χ4n) is 1.69. The van der Waals surface area contributed by atoms with Gasteiger partial charge in [-0.2, -0.15) is 0 Å². The zero-order valence-corrected chi connectivity index (χ0v) is 9.77. The number of aryl methyl sites for hydroxylation is 1. The Hall–Kier alpha value is -1.12. The van der Waals surface area contributed by atoms with Crippen LogP contribution in [-0.4, -0.2) is 5.11 Å². The number of benzene rings is 1. The van der Waals surface area contributed by atoms with Crippen molar-refractivity contribution in [3.05, 3.63) is 46.3 Å². The van der Waals surface area contributed by atoms with E-state index in [1.165, 1.54) is 21.6 Å². The molecule has 2 rings (SSSR count). The average molecular weight is 218 g/mol. The summed E-state index contributed by atoms with van der Waals surface area (Å²) in [6.45, 7) is 4.28. The Labute approximate surface area is 94.0 Å². The van der Waals surface area contributed by atoms with Gasteiger partial charge in [0.15, 0.2) is 0 Å². The van der Waals surface area contributed by atoms with Gasteiger partial charge in [-0.3, -0.25) is 0 Å². The highest BCUT2D eigenvalue weighted by Gasteiger charge is 2.06. The maximum absolute atomic E-state index is 9.20. The molecule has 1 aromatic carbocycles. The monoisotopic (exact) mass is 218 g/mol. The van der Waals surface area contributed by atoms with Gasteiger partial charge in [-0.15, -0.1) is 11.3 Å². The van der Waals surface area contributed by atoms with Crippen molar-refractivity contribution in [2.75, 3.05) is 0 Å². The van der Waals surface area contributed by atoms with E-state index < -0.39 is 0 Å². The Bertz CT molecular complexity index is 471. The van der Waals surface area contributed by atoms with E-state index in [-0.39, 0.29) is 6.61 Å². The maximum Gasteiger partial charge on any atom is 0.0684 e. The van der Waals surface area contributed by atoms with Gasteiger partial charge in [-0.1, -0.05) is 18.2 Å². The van der Waals surface area contributed by atoms with Crippen molar-refractivity contribution in [3.63, 3.8) is 0 Å². The van der Waals surface area contributed by atoms with Crippen molar-refractivity contribution in [3.8, 4) is 10.4 Å². The molecule has 1 nitrogen and oxygen atoms in total. The Kier molecular flexibility index (Phi) is 2.89. The molecule has 2 heteroatoms. The third-order valence-corrected chi connectivity index (χ3v) is 3.69. The van der Waals surface area contributed by atoms with Gasteiger partial charge in [0.25, 0.3) is 0 Å². The Balaban J connectivity index is 2.53. The number of aliphatic hydroxyl groups is 1. The zero-order valence-electron chi connectivity index (χ0n) is 8.95. The molecule has 2 aromatic rings. The zero-order chi connectivity index (χ0) is 10.8. The Morgan fingerprint density at radius 3 is 2.67 bits per heavy atom. The molecule has 0 unspecified atom stereocenters. The molecule has 0 fully saturated rings. The van der Waals surface area contributed by atoms with Crippen LogP contribution in [0.25, 0.3) is 10.4 Å². The molecule has 1 heterocycles. The van der Waals surface area contributed by atoms with Crippen LogP contribution < -0.4 is 0 Å². The van der Waals surface area contributed by atoms with Crippen LogP contribution in [0.4, 0.5) is 0 Å². The van der Waals surface area contributed by atoms with Crippen LogP contribution in [0.5, 0.6) is 0 Å². The number of aliphatic hydroxyl groups excluding tert-OH is 1. The molecule has 0 bridgehead atoms. The normalized spacial score (nSPS) is 10.6. The van der Waals surface area contributed by atoms with Crippen molar-refractivity contribution in [2.24, 2.45) is 0 Å². The van der Waals surface area contributed by atoms with Gasteiger partial charge in [0.05, 0.1) is 6.61 Å². The molecule has 0 saturated heterocycles. The maximum atomic E-state index is 9.20. The molecule has 0 spiro atoms. The van der Waals surface area contributed by atoms with Crippen molar-refractivity contribution >= 4 is 11.3 Å². The molecule has 0 saturated carbocycles. The minimum Gasteiger partial charge on any atom is -0.392 e. The summed E-state index contributed by atoms with van der Waals surface area (Å²) in [6.07, 6.45) is 0. The number of thiophene rings is 1. The number of hydrogen-bond donors (Lipinski definition) is 1. The SMILES string of the molecule is Cc1csc(-c2cccc(CO)c2C)c1. The molecule has 1 aromatic heterocycles. The molecule has 1 N–H and O–H groups in total. The van der Waals surface area contributed by atoms with Crippen LogP contribution >= 0.6 is 11.3 Å². The Morgan fingerprint density at radius 1 is 1.27 bits per heavy atom. The lowest BCUT2D eigenvalue weighted by Crippen LogP contribution is -1.90. The minimum atomic E-state index is 0.115. The molecule has 0 radical (unpaired) electrons. The predicted octanol–water partition coefficient (Wildman–Crippen LogP) is 3.52. The van der Waals surface area contributed by atoms with Crippen molar-refractivity contribution in [1.82, 2.24) is 0 Å². The molecule has 0 atom stereocenters. The largest absolute Gasteiger partial charge is 0.392 e. The highest BCUT2D eigenvalue weighted by Crippen LogP contribution is 2.30. The predicted molar refractivity (Wildman–Crippen MR) is 65.2 cm³/mol. The van der Waals surface area contributed by atoms with Gasteiger partial charge in [0, 0.05) is 4.88 Å². The lowest BCUT2D eigenvalue weighted by atomic mass is 10.0. The standard InChI is InChI=1S/C13H14OS/c1-9-6-13(15-8-9)12-5-3-4-11(7-14)10(12)2/h3-6,8,14H,7H2,1-2H3. The first kappa shape index (κ1) is 10.4. The number of rotatable bonds is 2. The summed E-state index contributed by atoms with van der Waals surface area (Å²) in [6, 6.07) is 8.27. The topological polar surface area (TPSA) is 20.2 Å². The second-order valence-corrected chi connectivity index (χ2v) is 4.65. The third-order valence-electron chi connectivity index (χ3n) is 2.61. The van der Waals surface area contributed by atoms with Crippen LogP contribution in [0, 0.1) is 13.8 Å². The molecule has 78 valence electrons. The summed E-state index contributed by atoms with van der Waals surface area (Å²) in [5.74, 6) is 0. The molecule has 0 aliphatic carbocycles.